The number of aromatic nitrogens is 1. The molecule has 0 fully saturated rings. The zero-order valence-electron chi connectivity index (χ0n) is 7.12. The highest BCUT2D eigenvalue weighted by Gasteiger charge is 2.19. The Labute approximate surface area is 91.7 Å². The quantitative estimate of drug-likeness (QED) is 0.776. The first kappa shape index (κ1) is 9.79. The lowest BCUT2D eigenvalue weighted by molar-refractivity contribution is -0.115. The summed E-state index contributed by atoms with van der Waals surface area (Å²) in [5.74, 6) is 0.227. The molecule has 0 aromatic carbocycles. The molecule has 1 aliphatic heterocycles. The minimum Gasteiger partial charge on any atom is -0.324 e. The monoisotopic (exact) mass is 274 g/mol. The van der Waals surface area contributed by atoms with E-state index in [4.69, 9.17) is 0 Å². The van der Waals surface area contributed by atoms with E-state index in [-0.39, 0.29) is 12.3 Å². The van der Waals surface area contributed by atoms with Crippen molar-refractivity contribution < 1.29 is 9.00 Å². The number of hydrogen-bond acceptors (Lipinski definition) is 3. The number of anilines is 1. The van der Waals surface area contributed by atoms with Gasteiger partial charge in [0.2, 0.25) is 5.91 Å². The Morgan fingerprint density at radius 3 is 3.14 bits per heavy atom. The smallest absolute Gasteiger partial charge is 0.225 e. The molecule has 1 aromatic rings. The van der Waals surface area contributed by atoms with Crippen molar-refractivity contribution in [1.82, 2.24) is 4.98 Å². The van der Waals surface area contributed by atoms with Crippen molar-refractivity contribution in [3.63, 3.8) is 0 Å². The van der Waals surface area contributed by atoms with Crippen LogP contribution in [0.2, 0.25) is 0 Å². The largest absolute Gasteiger partial charge is 0.324 e. The van der Waals surface area contributed by atoms with Gasteiger partial charge in [-0.3, -0.25) is 9.00 Å². The van der Waals surface area contributed by atoms with E-state index in [0.717, 1.165) is 4.47 Å². The fraction of sp³-hybridized carbons (Fsp3) is 0.250. The third-order valence-corrected chi connectivity index (χ3v) is 3.59. The molecule has 1 aromatic heterocycles. The van der Waals surface area contributed by atoms with Gasteiger partial charge in [0.25, 0.3) is 0 Å². The summed E-state index contributed by atoms with van der Waals surface area (Å²) in [5, 5.41) is 3.13. The summed E-state index contributed by atoms with van der Waals surface area (Å²) in [6, 6.07) is 1.71. The number of hydrogen-bond donors (Lipinski definition) is 1. The lowest BCUT2D eigenvalue weighted by Gasteiger charge is -2.04. The van der Waals surface area contributed by atoms with Crippen molar-refractivity contribution in [3.8, 4) is 0 Å². The summed E-state index contributed by atoms with van der Waals surface area (Å²) in [4.78, 5) is 15.2. The number of fused-ring (bicyclic) bond motifs is 1. The van der Waals surface area contributed by atoms with E-state index < -0.39 is 10.8 Å². The van der Waals surface area contributed by atoms with Gasteiger partial charge in [-0.15, -0.1) is 0 Å². The van der Waals surface area contributed by atoms with Crippen LogP contribution >= 0.6 is 15.9 Å². The molecule has 4 nitrogen and oxygen atoms in total. The first-order chi connectivity index (χ1) is 6.66. The van der Waals surface area contributed by atoms with Crippen LogP contribution < -0.4 is 5.32 Å². The van der Waals surface area contributed by atoms with Crippen molar-refractivity contribution in [1.29, 1.82) is 0 Å². The van der Waals surface area contributed by atoms with E-state index in [1.54, 1.807) is 12.3 Å². The molecule has 2 heterocycles. The molecule has 0 aliphatic carbocycles. The van der Waals surface area contributed by atoms with E-state index in [0.29, 0.717) is 16.5 Å². The number of nitrogens with zero attached hydrogens (tertiary/aromatic N) is 1. The first-order valence-electron chi connectivity index (χ1n) is 4.00. The third kappa shape index (κ3) is 1.85. The zero-order valence-corrected chi connectivity index (χ0v) is 9.52. The van der Waals surface area contributed by atoms with Gasteiger partial charge < -0.3 is 5.32 Å². The molecular formula is C8H7BrN2O2S. The molecule has 1 N–H and O–H groups in total. The molecule has 2 rings (SSSR count). The van der Waals surface area contributed by atoms with Crippen LogP contribution in [-0.4, -0.2) is 20.9 Å². The SMILES string of the molecule is O=C1CCS(=O)c2ncc(Br)cc2N1. The molecule has 6 heteroatoms. The summed E-state index contributed by atoms with van der Waals surface area (Å²) < 4.78 is 12.4. The molecule has 0 saturated carbocycles. The fourth-order valence-corrected chi connectivity index (χ4v) is 2.61. The maximum absolute atomic E-state index is 11.6. The number of nitrogens with one attached hydrogen (secondary N) is 1. The van der Waals surface area contributed by atoms with Gasteiger partial charge in [0.15, 0.2) is 5.03 Å². The molecule has 0 spiro atoms. The van der Waals surface area contributed by atoms with Crippen LogP contribution in [-0.2, 0) is 15.6 Å². The van der Waals surface area contributed by atoms with Crippen LogP contribution in [0.4, 0.5) is 5.69 Å². The van der Waals surface area contributed by atoms with Gasteiger partial charge >= 0.3 is 0 Å². The molecule has 1 aliphatic rings. The lowest BCUT2D eigenvalue weighted by Crippen LogP contribution is -2.10. The van der Waals surface area contributed by atoms with Gasteiger partial charge in [0, 0.05) is 22.8 Å². The van der Waals surface area contributed by atoms with E-state index in [1.807, 2.05) is 0 Å². The standard InChI is InChI=1S/C8H7BrN2O2S/c9-5-3-6-8(10-4-5)14(13)2-1-7(12)11-6/h3-4H,1-2H2,(H,11,12). The number of halogens is 1. The Kier molecular flexibility index (Phi) is 2.64. The summed E-state index contributed by atoms with van der Waals surface area (Å²) in [7, 11) is -1.18. The highest BCUT2D eigenvalue weighted by atomic mass is 79.9. The summed E-state index contributed by atoms with van der Waals surface area (Å²) >= 11 is 3.24. The first-order valence-corrected chi connectivity index (χ1v) is 6.12. The summed E-state index contributed by atoms with van der Waals surface area (Å²) in [6.45, 7) is 0. The van der Waals surface area contributed by atoms with E-state index in [1.165, 1.54) is 0 Å². The molecule has 74 valence electrons. The summed E-state index contributed by atoms with van der Waals surface area (Å²) in [5.41, 5.74) is 0.542. The molecule has 1 unspecified atom stereocenters. The molecular weight excluding hydrogens is 268 g/mol. The average Bonchev–Trinajstić information content (AvgIpc) is 2.26. The number of carbonyl (C=O) groups is 1. The lowest BCUT2D eigenvalue weighted by atomic mass is 10.4. The zero-order chi connectivity index (χ0) is 10.1. The Morgan fingerprint density at radius 2 is 2.36 bits per heavy atom. The maximum Gasteiger partial charge on any atom is 0.225 e. The minimum absolute atomic E-state index is 0.114. The third-order valence-electron chi connectivity index (χ3n) is 1.82. The number of amides is 1. The molecule has 1 atom stereocenters. The van der Waals surface area contributed by atoms with Crippen molar-refractivity contribution >= 4 is 38.3 Å². The normalized spacial score (nSPS) is 20.9. The van der Waals surface area contributed by atoms with Crippen LogP contribution in [0.5, 0.6) is 0 Å². The maximum atomic E-state index is 11.6. The Morgan fingerprint density at radius 1 is 1.57 bits per heavy atom. The number of carbonyl (C=O) groups excluding carboxylic acids is 1. The second kappa shape index (κ2) is 3.78. The van der Waals surface area contributed by atoms with Gasteiger partial charge in [-0.05, 0) is 22.0 Å². The van der Waals surface area contributed by atoms with Gasteiger partial charge in [-0.1, -0.05) is 0 Å². The van der Waals surface area contributed by atoms with Gasteiger partial charge in [0.1, 0.15) is 0 Å². The summed E-state index contributed by atoms with van der Waals surface area (Å²) in [6.07, 6.45) is 1.86. The van der Waals surface area contributed by atoms with Gasteiger partial charge in [0.05, 0.1) is 16.5 Å². The minimum atomic E-state index is -1.18. The molecule has 0 radical (unpaired) electrons. The molecule has 14 heavy (non-hydrogen) atoms. The van der Waals surface area contributed by atoms with Crippen molar-refractivity contribution in [2.75, 3.05) is 11.1 Å². The van der Waals surface area contributed by atoms with Crippen LogP contribution in [0, 0.1) is 0 Å². The van der Waals surface area contributed by atoms with Crippen molar-refractivity contribution in [2.24, 2.45) is 0 Å². The van der Waals surface area contributed by atoms with Crippen LogP contribution in [0.3, 0.4) is 0 Å². The topological polar surface area (TPSA) is 59.1 Å². The van der Waals surface area contributed by atoms with Crippen LogP contribution in [0.1, 0.15) is 6.42 Å². The highest BCUT2D eigenvalue weighted by molar-refractivity contribution is 9.10. The predicted molar refractivity (Wildman–Crippen MR) is 56.5 cm³/mol. The van der Waals surface area contributed by atoms with Gasteiger partial charge in [-0.2, -0.15) is 0 Å². The highest BCUT2D eigenvalue weighted by Crippen LogP contribution is 2.24. The van der Waals surface area contributed by atoms with Gasteiger partial charge in [-0.25, -0.2) is 4.98 Å². The number of pyridine rings is 1. The Bertz CT molecular complexity index is 422. The van der Waals surface area contributed by atoms with E-state index in [9.17, 15) is 9.00 Å². The van der Waals surface area contributed by atoms with Crippen LogP contribution in [0.15, 0.2) is 21.8 Å². The second-order valence-electron chi connectivity index (χ2n) is 2.85. The van der Waals surface area contributed by atoms with E-state index in [2.05, 4.69) is 26.2 Å². The predicted octanol–water partition coefficient (Wildman–Crippen LogP) is 1.29. The number of rotatable bonds is 0. The molecule has 0 bridgehead atoms. The fourth-order valence-electron chi connectivity index (χ4n) is 1.19. The molecule has 0 saturated heterocycles. The van der Waals surface area contributed by atoms with Crippen molar-refractivity contribution in [3.05, 3.63) is 16.7 Å². The van der Waals surface area contributed by atoms with Crippen molar-refractivity contribution in [2.45, 2.75) is 11.4 Å². The Hall–Kier alpha value is -0.750. The average molecular weight is 275 g/mol. The van der Waals surface area contributed by atoms with E-state index >= 15 is 0 Å². The Balaban J connectivity index is 2.52. The van der Waals surface area contributed by atoms with Crippen LogP contribution in [0.25, 0.3) is 0 Å². The molecule has 1 amide bonds. The second-order valence-corrected chi connectivity index (χ2v) is 5.26.